The molecule has 2 aromatic rings. The molecule has 164 valence electrons. The highest BCUT2D eigenvalue weighted by atomic mass is 16.5. The van der Waals surface area contributed by atoms with Crippen molar-refractivity contribution in [3.8, 4) is 17.2 Å². The van der Waals surface area contributed by atoms with Crippen molar-refractivity contribution in [2.45, 2.75) is 12.8 Å². The number of rotatable bonds is 4. The lowest BCUT2D eigenvalue weighted by Gasteiger charge is -2.29. The van der Waals surface area contributed by atoms with Crippen molar-refractivity contribution in [3.63, 3.8) is 0 Å². The van der Waals surface area contributed by atoms with Crippen LogP contribution in [-0.4, -0.2) is 68.6 Å². The zero-order valence-electron chi connectivity index (χ0n) is 18.0. The second-order valence-corrected chi connectivity index (χ2v) is 7.86. The first-order valence-electron chi connectivity index (χ1n) is 10.6. The monoisotopic (exact) mass is 424 g/mol. The topological polar surface area (TPSA) is 68.3 Å². The highest BCUT2D eigenvalue weighted by Crippen LogP contribution is 2.29. The first-order chi connectivity index (χ1) is 15.1. The molecule has 2 amide bonds. The Morgan fingerprint density at radius 1 is 0.935 bits per heavy atom. The summed E-state index contributed by atoms with van der Waals surface area (Å²) in [7, 11) is 3.12. The van der Waals surface area contributed by atoms with Gasteiger partial charge < -0.3 is 24.0 Å². The lowest BCUT2D eigenvalue weighted by atomic mass is 9.95. The minimum atomic E-state index is -0.178. The van der Waals surface area contributed by atoms with Crippen LogP contribution in [0.1, 0.15) is 22.3 Å². The van der Waals surface area contributed by atoms with Crippen LogP contribution < -0.4 is 14.2 Å². The minimum Gasteiger partial charge on any atom is -0.493 e. The Kier molecular flexibility index (Phi) is 6.30. The van der Waals surface area contributed by atoms with Crippen molar-refractivity contribution >= 4 is 11.8 Å². The van der Waals surface area contributed by atoms with Gasteiger partial charge in [-0.15, -0.1) is 0 Å². The number of hydrogen-bond acceptors (Lipinski definition) is 5. The molecule has 0 spiro atoms. The summed E-state index contributed by atoms with van der Waals surface area (Å²) in [5, 5.41) is 0. The molecule has 0 N–H and O–H groups in total. The van der Waals surface area contributed by atoms with Crippen LogP contribution in [-0.2, 0) is 11.2 Å². The van der Waals surface area contributed by atoms with Gasteiger partial charge in [0.1, 0.15) is 12.4 Å². The summed E-state index contributed by atoms with van der Waals surface area (Å²) < 4.78 is 16.4. The van der Waals surface area contributed by atoms with E-state index >= 15 is 0 Å². The maximum atomic E-state index is 13.1. The SMILES string of the molecule is COc1ccc(C(=O)N2CCCN(C(=O)C3COc4ccccc4C3)CC2)cc1OC. The number of methoxy groups -OCH3 is 2. The molecule has 1 atom stereocenters. The Bertz CT molecular complexity index is 961. The normalized spacial score (nSPS) is 18.5. The average molecular weight is 424 g/mol. The molecule has 1 fully saturated rings. The van der Waals surface area contributed by atoms with Crippen molar-refractivity contribution in [2.75, 3.05) is 47.0 Å². The van der Waals surface area contributed by atoms with Gasteiger partial charge in [0.25, 0.3) is 5.91 Å². The van der Waals surface area contributed by atoms with Gasteiger partial charge in [-0.25, -0.2) is 0 Å². The third-order valence-electron chi connectivity index (χ3n) is 5.95. The molecule has 31 heavy (non-hydrogen) atoms. The van der Waals surface area contributed by atoms with Crippen LogP contribution in [0, 0.1) is 5.92 Å². The molecular formula is C24H28N2O5. The van der Waals surface area contributed by atoms with E-state index in [9.17, 15) is 9.59 Å². The molecule has 4 rings (SSSR count). The van der Waals surface area contributed by atoms with Crippen molar-refractivity contribution in [1.82, 2.24) is 9.80 Å². The number of carbonyl (C=O) groups is 2. The molecule has 0 aromatic heterocycles. The Balaban J connectivity index is 1.39. The Hall–Kier alpha value is -3.22. The molecule has 2 aliphatic heterocycles. The summed E-state index contributed by atoms with van der Waals surface area (Å²) >= 11 is 0. The summed E-state index contributed by atoms with van der Waals surface area (Å²) in [5.74, 6) is 1.85. The fourth-order valence-electron chi connectivity index (χ4n) is 4.24. The van der Waals surface area contributed by atoms with Gasteiger partial charge in [0, 0.05) is 31.7 Å². The maximum absolute atomic E-state index is 13.1. The highest BCUT2D eigenvalue weighted by Gasteiger charge is 2.31. The average Bonchev–Trinajstić information content (AvgIpc) is 3.08. The van der Waals surface area contributed by atoms with Gasteiger partial charge in [-0.1, -0.05) is 18.2 Å². The first-order valence-corrected chi connectivity index (χ1v) is 10.6. The number of fused-ring (bicyclic) bond motifs is 1. The van der Waals surface area contributed by atoms with E-state index < -0.39 is 0 Å². The second kappa shape index (κ2) is 9.29. The fourth-order valence-corrected chi connectivity index (χ4v) is 4.24. The van der Waals surface area contributed by atoms with Gasteiger partial charge in [-0.05, 0) is 42.7 Å². The number of ether oxygens (including phenoxy) is 3. The van der Waals surface area contributed by atoms with Gasteiger partial charge >= 0.3 is 0 Å². The van der Waals surface area contributed by atoms with Crippen LogP contribution in [0.2, 0.25) is 0 Å². The van der Waals surface area contributed by atoms with Gasteiger partial charge in [0.2, 0.25) is 5.91 Å². The number of para-hydroxylation sites is 1. The fraction of sp³-hybridized carbons (Fsp3) is 0.417. The quantitative estimate of drug-likeness (QED) is 0.755. The number of nitrogens with zero attached hydrogens (tertiary/aromatic N) is 2. The number of benzene rings is 2. The number of amides is 2. The Labute approximate surface area is 182 Å². The third kappa shape index (κ3) is 4.45. The van der Waals surface area contributed by atoms with Crippen LogP contribution in [0.4, 0.5) is 0 Å². The molecule has 7 heteroatoms. The molecule has 1 saturated heterocycles. The summed E-state index contributed by atoms with van der Waals surface area (Å²) in [5.41, 5.74) is 1.63. The van der Waals surface area contributed by atoms with E-state index in [1.807, 2.05) is 29.2 Å². The molecule has 0 aliphatic carbocycles. The van der Waals surface area contributed by atoms with E-state index in [-0.39, 0.29) is 17.7 Å². The van der Waals surface area contributed by atoms with E-state index in [1.54, 1.807) is 37.3 Å². The predicted molar refractivity (Wildman–Crippen MR) is 116 cm³/mol. The van der Waals surface area contributed by atoms with E-state index in [1.165, 1.54) is 0 Å². The first kappa shape index (κ1) is 21.0. The molecule has 2 aliphatic rings. The number of carbonyl (C=O) groups excluding carboxylic acids is 2. The Morgan fingerprint density at radius 3 is 2.48 bits per heavy atom. The molecule has 0 saturated carbocycles. The van der Waals surface area contributed by atoms with E-state index in [4.69, 9.17) is 14.2 Å². The molecular weight excluding hydrogens is 396 g/mol. The molecule has 2 aromatic carbocycles. The second-order valence-electron chi connectivity index (χ2n) is 7.86. The maximum Gasteiger partial charge on any atom is 0.254 e. The molecule has 1 unspecified atom stereocenters. The van der Waals surface area contributed by atoms with Crippen LogP contribution in [0.3, 0.4) is 0 Å². The smallest absolute Gasteiger partial charge is 0.254 e. The van der Waals surface area contributed by atoms with Crippen LogP contribution in [0.15, 0.2) is 42.5 Å². The number of hydrogen-bond donors (Lipinski definition) is 0. The summed E-state index contributed by atoms with van der Waals surface area (Å²) in [4.78, 5) is 29.9. The van der Waals surface area contributed by atoms with Gasteiger partial charge in [0.05, 0.1) is 20.1 Å². The van der Waals surface area contributed by atoms with Crippen LogP contribution in [0.25, 0.3) is 0 Å². The minimum absolute atomic E-state index is 0.0646. The van der Waals surface area contributed by atoms with E-state index in [0.29, 0.717) is 56.3 Å². The molecule has 0 radical (unpaired) electrons. The van der Waals surface area contributed by atoms with E-state index in [2.05, 4.69) is 0 Å². The molecule has 7 nitrogen and oxygen atoms in total. The van der Waals surface area contributed by atoms with Crippen molar-refractivity contribution in [1.29, 1.82) is 0 Å². The summed E-state index contributed by atoms with van der Waals surface area (Å²) in [6.45, 7) is 2.69. The van der Waals surface area contributed by atoms with Crippen molar-refractivity contribution < 1.29 is 23.8 Å². The van der Waals surface area contributed by atoms with Crippen LogP contribution >= 0.6 is 0 Å². The zero-order chi connectivity index (χ0) is 21.8. The van der Waals surface area contributed by atoms with Crippen LogP contribution in [0.5, 0.6) is 17.2 Å². The zero-order valence-corrected chi connectivity index (χ0v) is 18.0. The van der Waals surface area contributed by atoms with Gasteiger partial charge in [-0.2, -0.15) is 0 Å². The summed E-state index contributed by atoms with van der Waals surface area (Å²) in [6.07, 6.45) is 1.44. The van der Waals surface area contributed by atoms with Crippen molar-refractivity contribution in [2.24, 2.45) is 5.92 Å². The van der Waals surface area contributed by atoms with Gasteiger partial charge in [0.15, 0.2) is 11.5 Å². The largest absolute Gasteiger partial charge is 0.493 e. The lowest BCUT2D eigenvalue weighted by Crippen LogP contribution is -2.43. The lowest BCUT2D eigenvalue weighted by molar-refractivity contribution is -0.136. The van der Waals surface area contributed by atoms with Gasteiger partial charge in [-0.3, -0.25) is 9.59 Å². The summed E-state index contributed by atoms with van der Waals surface area (Å²) in [6, 6.07) is 13.1. The predicted octanol–water partition coefficient (Wildman–Crippen LogP) is 2.63. The highest BCUT2D eigenvalue weighted by molar-refractivity contribution is 5.95. The van der Waals surface area contributed by atoms with E-state index in [0.717, 1.165) is 17.7 Å². The molecule has 0 bridgehead atoms. The standard InChI is InChI=1S/C24H28N2O5/c1-29-21-9-8-18(15-22(21)30-2)23(27)25-10-5-11-26(13-12-25)24(28)19-14-17-6-3-4-7-20(17)31-16-19/h3-4,6-9,15,19H,5,10-14,16H2,1-2H3. The molecule has 2 heterocycles. The Morgan fingerprint density at radius 2 is 1.68 bits per heavy atom. The van der Waals surface area contributed by atoms with Crippen molar-refractivity contribution in [3.05, 3.63) is 53.6 Å². The third-order valence-corrected chi connectivity index (χ3v) is 5.95.